The number of aromatic nitrogens is 1. The number of hydrogen-bond acceptors (Lipinski definition) is 4. The summed E-state index contributed by atoms with van der Waals surface area (Å²) in [7, 11) is 1.73. The Morgan fingerprint density at radius 2 is 1.51 bits per heavy atom. The Hall–Kier alpha value is -2.38. The summed E-state index contributed by atoms with van der Waals surface area (Å²) in [5, 5.41) is 3.36. The molecule has 1 aromatic rings. The number of amides is 1. The number of carbonyl (C=O) groups is 1. The van der Waals surface area contributed by atoms with E-state index in [1.165, 1.54) is 68.4 Å². The molecule has 2 aliphatic heterocycles. The molecule has 0 spiro atoms. The summed E-state index contributed by atoms with van der Waals surface area (Å²) >= 11 is 1.77. The molecule has 6 heteroatoms. The Labute approximate surface area is 255 Å². The molecule has 0 radical (unpaired) electrons. The maximum absolute atomic E-state index is 13.1. The van der Waals surface area contributed by atoms with Gasteiger partial charge in [0.25, 0.3) is 0 Å². The van der Waals surface area contributed by atoms with Crippen molar-refractivity contribution >= 4 is 17.2 Å². The Kier molecular flexibility index (Phi) is 20.7. The number of likely N-dealkylation sites (tertiary alicyclic amines) is 1. The normalized spacial score (nSPS) is 21.8. The van der Waals surface area contributed by atoms with E-state index in [0.717, 1.165) is 56.9 Å². The highest BCUT2D eigenvalue weighted by atomic mass is 32.1. The van der Waals surface area contributed by atoms with E-state index >= 15 is 0 Å². The number of allylic oxidation sites excluding steroid dienone is 4. The largest absolute Gasteiger partial charge is 0.375 e. The minimum Gasteiger partial charge on any atom is -0.375 e. The molecule has 2 saturated heterocycles. The number of carbonyl (C=O) groups excluding carboxylic acids is 1. The quantitative estimate of drug-likeness (QED) is 0.374. The van der Waals surface area contributed by atoms with Crippen LogP contribution in [-0.2, 0) is 16.0 Å². The Balaban J connectivity index is 0.000000427. The van der Waals surface area contributed by atoms with Crippen molar-refractivity contribution < 1.29 is 14.8 Å². The van der Waals surface area contributed by atoms with Gasteiger partial charge >= 0.3 is 0 Å². The summed E-state index contributed by atoms with van der Waals surface area (Å²) in [6.07, 6.45) is 41.7. The number of quaternary nitrogens is 1. The Bertz CT molecular complexity index is 893. The van der Waals surface area contributed by atoms with Crippen LogP contribution in [0, 0.1) is 31.6 Å². The Morgan fingerprint density at radius 3 is 1.98 bits per heavy atom. The monoisotopic (exact) mass is 582 g/mol. The number of nitrogens with two attached hydrogens (primary N) is 1. The first-order valence-corrected chi connectivity index (χ1v) is 16.6. The van der Waals surface area contributed by atoms with Crippen LogP contribution in [0.5, 0.6) is 0 Å². The number of rotatable bonds is 6. The second kappa shape index (κ2) is 23.2. The Morgan fingerprint density at radius 1 is 0.976 bits per heavy atom. The van der Waals surface area contributed by atoms with E-state index in [9.17, 15) is 4.79 Å². The van der Waals surface area contributed by atoms with Crippen LogP contribution >= 0.6 is 11.3 Å². The lowest BCUT2D eigenvalue weighted by Crippen LogP contribution is -2.81. The molecule has 2 aliphatic carbocycles. The average Bonchev–Trinajstić information content (AvgIpc) is 3.73. The van der Waals surface area contributed by atoms with Gasteiger partial charge in [-0.25, -0.2) is 4.98 Å². The maximum Gasteiger partial charge on any atom is 0.232 e. The minimum atomic E-state index is 0.0241. The van der Waals surface area contributed by atoms with Crippen molar-refractivity contribution in [3.05, 3.63) is 39.9 Å². The van der Waals surface area contributed by atoms with Crippen molar-refractivity contribution in [3.63, 3.8) is 0 Å². The van der Waals surface area contributed by atoms with Crippen LogP contribution in [0.2, 0.25) is 0 Å². The first-order chi connectivity index (χ1) is 20.2. The number of hydrogen-bond donors (Lipinski definition) is 1. The van der Waals surface area contributed by atoms with E-state index < -0.39 is 0 Å². The molecule has 3 heterocycles. The van der Waals surface area contributed by atoms with Gasteiger partial charge in [0.15, 0.2) is 0 Å². The lowest BCUT2D eigenvalue weighted by molar-refractivity contribution is -0.638. The molecule has 1 amide bonds. The molecule has 41 heavy (non-hydrogen) atoms. The van der Waals surface area contributed by atoms with Gasteiger partial charge in [0.1, 0.15) is 17.0 Å². The smallest absolute Gasteiger partial charge is 0.232 e. The summed E-state index contributed by atoms with van der Waals surface area (Å²) in [4.78, 5) is 21.4. The highest BCUT2D eigenvalue weighted by Gasteiger charge is 2.42. The molecule has 3 fully saturated rings. The number of terminal acetylenes is 2. The molecule has 1 aromatic heterocycles. The number of thiazole rings is 1. The van der Waals surface area contributed by atoms with Gasteiger partial charge in [-0.15, -0.1) is 37.0 Å². The molecule has 3 atom stereocenters. The third-order valence-electron chi connectivity index (χ3n) is 7.96. The van der Waals surface area contributed by atoms with E-state index in [0.29, 0.717) is 11.8 Å². The number of methoxy groups -OCH3 is 1. The van der Waals surface area contributed by atoms with Crippen LogP contribution in [0.3, 0.4) is 0 Å². The molecule has 2 unspecified atom stereocenters. The minimum absolute atomic E-state index is 0.0241. The highest BCUT2D eigenvalue weighted by molar-refractivity contribution is 7.12. The second-order valence-corrected chi connectivity index (χ2v) is 12.0. The zero-order valence-corrected chi connectivity index (χ0v) is 26.9. The fourth-order valence-corrected chi connectivity index (χ4v) is 6.98. The van der Waals surface area contributed by atoms with Gasteiger partial charge in [-0.1, -0.05) is 76.2 Å². The first kappa shape index (κ1) is 36.6. The molecular formula is C35H56N3O2S+. The SMILES string of the molecule is C#C.C#C.C1=CCCC=C1.C1CCCCC1.CCCc1nc(C(C)OC)sc1[C@@H]1C[NH2+]CC1C(=O)N1CCCCC1. The first-order valence-electron chi connectivity index (χ1n) is 15.8. The van der Waals surface area contributed by atoms with Crippen LogP contribution in [0.25, 0.3) is 0 Å². The van der Waals surface area contributed by atoms with E-state index in [1.807, 2.05) is 0 Å². The van der Waals surface area contributed by atoms with Gasteiger partial charge in [-0.3, -0.25) is 4.79 Å². The molecular weight excluding hydrogens is 526 g/mol. The molecule has 0 bridgehead atoms. The van der Waals surface area contributed by atoms with Crippen LogP contribution in [-0.4, -0.2) is 49.1 Å². The molecule has 5 nitrogen and oxygen atoms in total. The lowest BCUT2D eigenvalue weighted by Gasteiger charge is -2.29. The highest BCUT2D eigenvalue weighted by Crippen LogP contribution is 2.37. The third-order valence-corrected chi connectivity index (χ3v) is 9.35. The van der Waals surface area contributed by atoms with E-state index in [1.54, 1.807) is 18.4 Å². The lowest BCUT2D eigenvalue weighted by atomic mass is 9.91. The summed E-state index contributed by atoms with van der Waals surface area (Å²) in [6, 6.07) is 0. The summed E-state index contributed by atoms with van der Waals surface area (Å²) in [6.45, 7) is 8.05. The van der Waals surface area contributed by atoms with Gasteiger partial charge in [-0.2, -0.15) is 0 Å². The predicted octanol–water partition coefficient (Wildman–Crippen LogP) is 6.82. The standard InChI is InChI=1S/C19H31N3O2S.C6H12.C6H8.2C2H2/c1-4-8-16-17(25-18(21-16)13(2)24-3)14-11-20-12-15(14)19(23)22-9-6-5-7-10-22;2*1-2-4-6-5-3-1;2*1-2/h13-15,20H,4-12H2,1-3H3;1-6H2;1-4H,5-6H2;2*1-2H/p+1/t13?,14-,15?;;;;/m1..../s1. The van der Waals surface area contributed by atoms with Crippen LogP contribution in [0.4, 0.5) is 0 Å². The van der Waals surface area contributed by atoms with Crippen molar-refractivity contribution in [1.29, 1.82) is 0 Å². The number of nitrogens with zero attached hydrogens (tertiary/aromatic N) is 2. The maximum atomic E-state index is 13.1. The summed E-state index contributed by atoms with van der Waals surface area (Å²) < 4.78 is 5.48. The predicted molar refractivity (Wildman–Crippen MR) is 175 cm³/mol. The zero-order valence-electron chi connectivity index (χ0n) is 26.1. The number of aryl methyl sites for hydroxylation is 1. The summed E-state index contributed by atoms with van der Waals surface area (Å²) in [5.41, 5.74) is 1.20. The van der Waals surface area contributed by atoms with Crippen molar-refractivity contribution in [2.24, 2.45) is 5.92 Å². The average molecular weight is 583 g/mol. The van der Waals surface area contributed by atoms with E-state index in [-0.39, 0.29) is 12.0 Å². The van der Waals surface area contributed by atoms with Crippen LogP contribution in [0.15, 0.2) is 24.3 Å². The fourth-order valence-electron chi connectivity index (χ4n) is 5.66. The van der Waals surface area contributed by atoms with Crippen molar-refractivity contribution in [3.8, 4) is 25.7 Å². The van der Waals surface area contributed by atoms with Crippen molar-refractivity contribution in [2.45, 2.75) is 109 Å². The van der Waals surface area contributed by atoms with Gasteiger partial charge in [0, 0.05) is 25.1 Å². The van der Waals surface area contributed by atoms with Gasteiger partial charge in [0.2, 0.25) is 5.91 Å². The zero-order chi connectivity index (χ0) is 30.3. The van der Waals surface area contributed by atoms with Gasteiger partial charge in [0.05, 0.1) is 24.7 Å². The van der Waals surface area contributed by atoms with Crippen molar-refractivity contribution in [2.75, 3.05) is 33.3 Å². The van der Waals surface area contributed by atoms with Gasteiger partial charge in [-0.05, 0) is 45.4 Å². The van der Waals surface area contributed by atoms with E-state index in [2.05, 4.69) is 74.1 Å². The second-order valence-electron chi connectivity index (χ2n) is 10.9. The number of piperidine rings is 1. The molecule has 5 rings (SSSR count). The van der Waals surface area contributed by atoms with E-state index in [4.69, 9.17) is 9.72 Å². The molecule has 2 N–H and O–H groups in total. The summed E-state index contributed by atoms with van der Waals surface area (Å²) in [5.74, 6) is 0.793. The fraction of sp³-hybridized carbons (Fsp3) is 0.657. The van der Waals surface area contributed by atoms with Crippen LogP contribution in [0.1, 0.15) is 118 Å². The third kappa shape index (κ3) is 13.0. The molecule has 1 saturated carbocycles. The number of ether oxygens (including phenoxy) is 1. The van der Waals surface area contributed by atoms with Gasteiger partial charge < -0.3 is 15.0 Å². The van der Waals surface area contributed by atoms with Crippen LogP contribution < -0.4 is 5.32 Å². The van der Waals surface area contributed by atoms with Crippen molar-refractivity contribution in [1.82, 2.24) is 9.88 Å². The topological polar surface area (TPSA) is 59.0 Å². The molecule has 228 valence electrons. The molecule has 0 aromatic carbocycles. The molecule has 4 aliphatic rings.